The summed E-state index contributed by atoms with van der Waals surface area (Å²) >= 11 is 1.99. The van der Waals surface area contributed by atoms with Crippen molar-refractivity contribution >= 4 is 17.3 Å². The Hall–Kier alpha value is -0.930. The molecule has 0 spiro atoms. The van der Waals surface area contributed by atoms with Crippen molar-refractivity contribution < 1.29 is 4.74 Å². The molecule has 2 aliphatic rings. The third kappa shape index (κ3) is 2.41. The zero-order chi connectivity index (χ0) is 13.2. The minimum Gasteiger partial charge on any atom is -0.497 e. The molecule has 1 aromatic carbocycles. The summed E-state index contributed by atoms with van der Waals surface area (Å²) in [6, 6.07) is 7.07. The molecule has 2 nitrogen and oxygen atoms in total. The highest BCUT2D eigenvalue weighted by molar-refractivity contribution is 7.99. The summed E-state index contributed by atoms with van der Waals surface area (Å²) < 4.78 is 5.38. The van der Waals surface area contributed by atoms with Gasteiger partial charge in [-0.3, -0.25) is 4.90 Å². The van der Waals surface area contributed by atoms with Crippen LogP contribution >= 0.6 is 11.8 Å². The minimum absolute atomic E-state index is 0.596. The van der Waals surface area contributed by atoms with Crippen molar-refractivity contribution in [2.45, 2.75) is 30.7 Å². The average molecular weight is 275 g/mol. The lowest BCUT2D eigenvalue weighted by atomic mass is 9.93. The van der Waals surface area contributed by atoms with E-state index in [0.717, 1.165) is 5.75 Å². The molecular weight excluding hydrogens is 254 g/mol. The molecular formula is C16H21NOS. The monoisotopic (exact) mass is 275 g/mol. The highest BCUT2D eigenvalue weighted by atomic mass is 32.2. The van der Waals surface area contributed by atoms with Crippen LogP contribution in [0, 0.1) is 0 Å². The standard InChI is InChI=1S/C16H21NOS/c1-3-8-17-9-4-5-13-14-10-12(18-2)6-7-16(14)19-11-15(13)17/h5-7,10,15H,3-4,8-9,11H2,1-2H3. The number of thioether (sulfide) groups is 1. The lowest BCUT2D eigenvalue weighted by Gasteiger charge is -2.39. The summed E-state index contributed by atoms with van der Waals surface area (Å²) in [5, 5.41) is 0. The molecule has 19 heavy (non-hydrogen) atoms. The summed E-state index contributed by atoms with van der Waals surface area (Å²) in [4.78, 5) is 4.05. The van der Waals surface area contributed by atoms with Gasteiger partial charge in [-0.15, -0.1) is 11.8 Å². The van der Waals surface area contributed by atoms with Gasteiger partial charge in [0.25, 0.3) is 0 Å². The van der Waals surface area contributed by atoms with Gasteiger partial charge in [0.1, 0.15) is 5.75 Å². The van der Waals surface area contributed by atoms with Crippen molar-refractivity contribution in [1.29, 1.82) is 0 Å². The first-order valence-corrected chi connectivity index (χ1v) is 8.07. The molecule has 3 rings (SSSR count). The van der Waals surface area contributed by atoms with Gasteiger partial charge >= 0.3 is 0 Å². The number of rotatable bonds is 3. The molecule has 2 heterocycles. The predicted molar refractivity (Wildman–Crippen MR) is 82.0 cm³/mol. The lowest BCUT2D eigenvalue weighted by molar-refractivity contribution is 0.245. The molecule has 0 aliphatic carbocycles. The molecule has 0 saturated heterocycles. The van der Waals surface area contributed by atoms with Crippen molar-refractivity contribution in [1.82, 2.24) is 4.90 Å². The van der Waals surface area contributed by atoms with E-state index in [4.69, 9.17) is 4.74 Å². The topological polar surface area (TPSA) is 12.5 Å². The van der Waals surface area contributed by atoms with Crippen molar-refractivity contribution in [2.75, 3.05) is 26.0 Å². The molecule has 0 N–H and O–H groups in total. The zero-order valence-corrected chi connectivity index (χ0v) is 12.5. The Morgan fingerprint density at radius 1 is 1.42 bits per heavy atom. The maximum Gasteiger partial charge on any atom is 0.119 e. The first-order chi connectivity index (χ1) is 9.33. The summed E-state index contributed by atoms with van der Waals surface area (Å²) in [6.07, 6.45) is 4.85. The fraction of sp³-hybridized carbons (Fsp3) is 0.500. The van der Waals surface area contributed by atoms with E-state index in [1.807, 2.05) is 11.8 Å². The van der Waals surface area contributed by atoms with Gasteiger partial charge in [0, 0.05) is 23.2 Å². The van der Waals surface area contributed by atoms with Crippen molar-refractivity contribution in [3.8, 4) is 5.75 Å². The molecule has 1 aromatic rings. The molecule has 0 bridgehead atoms. The van der Waals surface area contributed by atoms with Gasteiger partial charge in [0.05, 0.1) is 7.11 Å². The van der Waals surface area contributed by atoms with Crippen LogP contribution in [0.3, 0.4) is 0 Å². The minimum atomic E-state index is 0.596. The smallest absolute Gasteiger partial charge is 0.119 e. The van der Waals surface area contributed by atoms with Crippen LogP contribution in [0.2, 0.25) is 0 Å². The fourth-order valence-corrected chi connectivity index (χ4v) is 4.29. The fourth-order valence-electron chi connectivity index (χ4n) is 3.07. The largest absolute Gasteiger partial charge is 0.497 e. The number of fused-ring (bicyclic) bond motifs is 3. The van der Waals surface area contributed by atoms with Crippen LogP contribution in [0.15, 0.2) is 29.2 Å². The Kier molecular flexibility index (Phi) is 3.85. The Balaban J connectivity index is 1.97. The van der Waals surface area contributed by atoms with Crippen molar-refractivity contribution in [3.05, 3.63) is 29.8 Å². The Labute approximate surface area is 119 Å². The predicted octanol–water partition coefficient (Wildman–Crippen LogP) is 3.67. The van der Waals surface area contributed by atoms with Crippen molar-refractivity contribution in [2.24, 2.45) is 0 Å². The molecule has 0 saturated carbocycles. The van der Waals surface area contributed by atoms with Gasteiger partial charge in [-0.25, -0.2) is 0 Å². The first-order valence-electron chi connectivity index (χ1n) is 7.08. The summed E-state index contributed by atoms with van der Waals surface area (Å²) in [5.41, 5.74) is 2.91. The van der Waals surface area contributed by atoms with E-state index in [1.165, 1.54) is 47.7 Å². The van der Waals surface area contributed by atoms with E-state index in [0.29, 0.717) is 6.04 Å². The second kappa shape index (κ2) is 5.59. The van der Waals surface area contributed by atoms with Gasteiger partial charge in [-0.05, 0) is 48.7 Å². The van der Waals surface area contributed by atoms with Crippen LogP contribution < -0.4 is 4.74 Å². The molecule has 0 amide bonds. The second-order valence-corrected chi connectivity index (χ2v) is 6.23. The summed E-state index contributed by atoms with van der Waals surface area (Å²) in [7, 11) is 1.74. The first kappa shape index (κ1) is 13.1. The van der Waals surface area contributed by atoms with E-state index in [1.54, 1.807) is 7.11 Å². The third-order valence-electron chi connectivity index (χ3n) is 3.99. The zero-order valence-electron chi connectivity index (χ0n) is 11.7. The van der Waals surface area contributed by atoms with Crippen LogP contribution in [0.25, 0.3) is 5.57 Å². The van der Waals surface area contributed by atoms with Crippen LogP contribution in [0.4, 0.5) is 0 Å². The van der Waals surface area contributed by atoms with E-state index in [2.05, 4.69) is 36.1 Å². The number of methoxy groups -OCH3 is 1. The highest BCUT2D eigenvalue weighted by Crippen LogP contribution is 2.42. The number of ether oxygens (including phenoxy) is 1. The molecule has 0 aromatic heterocycles. The van der Waals surface area contributed by atoms with Gasteiger partial charge in [-0.2, -0.15) is 0 Å². The molecule has 0 fully saturated rings. The van der Waals surface area contributed by atoms with Gasteiger partial charge < -0.3 is 4.74 Å². The summed E-state index contributed by atoms with van der Waals surface area (Å²) in [5.74, 6) is 2.15. The molecule has 3 heteroatoms. The average Bonchev–Trinajstić information content (AvgIpc) is 2.47. The summed E-state index contributed by atoms with van der Waals surface area (Å²) in [6.45, 7) is 4.69. The molecule has 1 atom stereocenters. The van der Waals surface area contributed by atoms with E-state index in [9.17, 15) is 0 Å². The van der Waals surface area contributed by atoms with Crippen molar-refractivity contribution in [3.63, 3.8) is 0 Å². The van der Waals surface area contributed by atoms with Crippen LogP contribution in [-0.4, -0.2) is 36.9 Å². The van der Waals surface area contributed by atoms with Gasteiger partial charge in [0.15, 0.2) is 0 Å². The highest BCUT2D eigenvalue weighted by Gasteiger charge is 2.31. The Morgan fingerprint density at radius 3 is 3.11 bits per heavy atom. The Morgan fingerprint density at radius 2 is 2.32 bits per heavy atom. The Bertz CT molecular complexity index is 498. The van der Waals surface area contributed by atoms with Crippen LogP contribution in [0.5, 0.6) is 5.75 Å². The molecule has 0 radical (unpaired) electrons. The number of hydrogen-bond donors (Lipinski definition) is 0. The van der Waals surface area contributed by atoms with E-state index >= 15 is 0 Å². The lowest BCUT2D eigenvalue weighted by Crippen LogP contribution is -2.42. The molecule has 1 unspecified atom stereocenters. The van der Waals surface area contributed by atoms with Gasteiger partial charge in [0.2, 0.25) is 0 Å². The van der Waals surface area contributed by atoms with E-state index < -0.39 is 0 Å². The SMILES string of the molecule is CCCN1CCC=C2c3cc(OC)ccc3SCC21. The number of hydrogen-bond acceptors (Lipinski definition) is 3. The van der Waals surface area contributed by atoms with Crippen LogP contribution in [0.1, 0.15) is 25.3 Å². The maximum absolute atomic E-state index is 5.38. The normalized spacial score (nSPS) is 22.4. The van der Waals surface area contributed by atoms with E-state index in [-0.39, 0.29) is 0 Å². The van der Waals surface area contributed by atoms with Gasteiger partial charge in [-0.1, -0.05) is 13.0 Å². The van der Waals surface area contributed by atoms with Crippen LogP contribution in [-0.2, 0) is 0 Å². The third-order valence-corrected chi connectivity index (χ3v) is 5.14. The second-order valence-electron chi connectivity index (χ2n) is 5.17. The quantitative estimate of drug-likeness (QED) is 0.835. The number of nitrogens with zero attached hydrogens (tertiary/aromatic N) is 1. The number of benzene rings is 1. The molecule has 102 valence electrons. The molecule has 2 aliphatic heterocycles. The maximum atomic E-state index is 5.38.